The number of carbonyl (C=O) groups excluding carboxylic acids is 1. The molecule has 1 unspecified atom stereocenters. The average molecular weight is 276 g/mol. The van der Waals surface area contributed by atoms with Crippen LogP contribution in [0.4, 0.5) is 0 Å². The molecular formula is C10H11Cl2N3O2. The van der Waals surface area contributed by atoms with Crippen molar-refractivity contribution in [2.75, 3.05) is 0 Å². The summed E-state index contributed by atoms with van der Waals surface area (Å²) in [5.41, 5.74) is 5.64. The second-order valence-corrected chi connectivity index (χ2v) is 4.25. The van der Waals surface area contributed by atoms with Crippen molar-refractivity contribution in [1.29, 1.82) is 0 Å². The minimum absolute atomic E-state index is 0.0912. The Morgan fingerprint density at radius 1 is 1.41 bits per heavy atom. The van der Waals surface area contributed by atoms with Gasteiger partial charge in [-0.25, -0.2) is 0 Å². The van der Waals surface area contributed by atoms with Crippen molar-refractivity contribution in [3.63, 3.8) is 0 Å². The third kappa shape index (κ3) is 3.80. The molecule has 0 bridgehead atoms. The van der Waals surface area contributed by atoms with Gasteiger partial charge in [0.25, 0.3) is 5.91 Å². The Morgan fingerprint density at radius 3 is 2.41 bits per heavy atom. The van der Waals surface area contributed by atoms with Crippen LogP contribution in [0.2, 0.25) is 10.0 Å². The van der Waals surface area contributed by atoms with Crippen LogP contribution in [0.3, 0.4) is 0 Å². The van der Waals surface area contributed by atoms with Crippen LogP contribution in [0.15, 0.2) is 23.4 Å². The van der Waals surface area contributed by atoms with Gasteiger partial charge in [-0.2, -0.15) is 0 Å². The number of nitrogens with zero attached hydrogens (tertiary/aromatic N) is 1. The summed E-state index contributed by atoms with van der Waals surface area (Å²) in [6, 6.07) is 3.88. The van der Waals surface area contributed by atoms with Gasteiger partial charge in [-0.15, -0.1) is 0 Å². The fraction of sp³-hybridized carbons (Fsp3) is 0.200. The molecule has 17 heavy (non-hydrogen) atoms. The van der Waals surface area contributed by atoms with Crippen LogP contribution in [-0.2, 0) is 0 Å². The first-order valence-electron chi connectivity index (χ1n) is 4.68. The number of hydrogen-bond acceptors (Lipinski definition) is 3. The first-order valence-corrected chi connectivity index (χ1v) is 5.44. The smallest absolute Gasteiger partial charge is 0.251 e. The van der Waals surface area contributed by atoms with Crippen LogP contribution < -0.4 is 11.1 Å². The van der Waals surface area contributed by atoms with E-state index in [-0.39, 0.29) is 5.84 Å². The van der Waals surface area contributed by atoms with Crippen LogP contribution in [0, 0.1) is 0 Å². The molecule has 1 atom stereocenters. The fourth-order valence-electron chi connectivity index (χ4n) is 1.13. The lowest BCUT2D eigenvalue weighted by Gasteiger charge is -2.12. The van der Waals surface area contributed by atoms with E-state index >= 15 is 0 Å². The number of carbonyl (C=O) groups is 1. The Balaban J connectivity index is 2.83. The van der Waals surface area contributed by atoms with Crippen molar-refractivity contribution in [3.8, 4) is 0 Å². The highest BCUT2D eigenvalue weighted by atomic mass is 35.5. The highest BCUT2D eigenvalue weighted by Crippen LogP contribution is 2.18. The van der Waals surface area contributed by atoms with Gasteiger partial charge in [-0.1, -0.05) is 28.4 Å². The number of benzene rings is 1. The lowest BCUT2D eigenvalue weighted by atomic mass is 10.2. The first kappa shape index (κ1) is 13.6. The summed E-state index contributed by atoms with van der Waals surface area (Å²) in [5.74, 6) is -0.500. The number of nitrogens with one attached hydrogen (secondary N) is 1. The predicted molar refractivity (Wildman–Crippen MR) is 66.8 cm³/mol. The van der Waals surface area contributed by atoms with Crippen molar-refractivity contribution in [2.45, 2.75) is 13.0 Å². The maximum Gasteiger partial charge on any atom is 0.251 e. The molecule has 4 N–H and O–H groups in total. The molecule has 0 fully saturated rings. The number of rotatable bonds is 3. The van der Waals surface area contributed by atoms with E-state index in [1.54, 1.807) is 6.92 Å². The number of oxime groups is 1. The van der Waals surface area contributed by atoms with Crippen molar-refractivity contribution < 1.29 is 10.0 Å². The van der Waals surface area contributed by atoms with Gasteiger partial charge in [-0.3, -0.25) is 4.79 Å². The molecule has 0 saturated heterocycles. The Labute approximate surface area is 108 Å². The van der Waals surface area contributed by atoms with Gasteiger partial charge in [0, 0.05) is 15.6 Å². The van der Waals surface area contributed by atoms with Crippen molar-refractivity contribution in [2.24, 2.45) is 10.9 Å². The van der Waals surface area contributed by atoms with Gasteiger partial charge in [0.15, 0.2) is 5.84 Å². The average Bonchev–Trinajstić information content (AvgIpc) is 2.26. The number of amidine groups is 1. The second-order valence-electron chi connectivity index (χ2n) is 3.38. The van der Waals surface area contributed by atoms with Crippen LogP contribution in [-0.4, -0.2) is 23.0 Å². The normalized spacial score (nSPS) is 13.2. The quantitative estimate of drug-likeness (QED) is 0.341. The van der Waals surface area contributed by atoms with Gasteiger partial charge in [-0.05, 0) is 25.1 Å². The SMILES string of the molecule is CC(NC(=O)c1cc(Cl)cc(Cl)c1)/C(N)=N/O. The Morgan fingerprint density at radius 2 is 1.94 bits per heavy atom. The van der Waals surface area contributed by atoms with Gasteiger partial charge < -0.3 is 16.3 Å². The van der Waals surface area contributed by atoms with Crippen LogP contribution in [0.1, 0.15) is 17.3 Å². The molecule has 5 nitrogen and oxygen atoms in total. The van der Waals surface area contributed by atoms with Crippen molar-refractivity contribution in [3.05, 3.63) is 33.8 Å². The summed E-state index contributed by atoms with van der Waals surface area (Å²) in [4.78, 5) is 11.8. The lowest BCUT2D eigenvalue weighted by molar-refractivity contribution is 0.0948. The van der Waals surface area contributed by atoms with Crippen molar-refractivity contribution in [1.82, 2.24) is 5.32 Å². The molecule has 0 saturated carbocycles. The minimum Gasteiger partial charge on any atom is -0.409 e. The summed E-state index contributed by atoms with van der Waals surface area (Å²) in [7, 11) is 0. The van der Waals surface area contributed by atoms with E-state index < -0.39 is 11.9 Å². The van der Waals surface area contributed by atoms with E-state index in [0.717, 1.165) is 0 Å². The van der Waals surface area contributed by atoms with Crippen LogP contribution >= 0.6 is 23.2 Å². The molecule has 7 heteroatoms. The number of nitrogens with two attached hydrogens (primary N) is 1. The van der Waals surface area contributed by atoms with Gasteiger partial charge >= 0.3 is 0 Å². The van der Waals surface area contributed by atoms with Gasteiger partial charge in [0.2, 0.25) is 0 Å². The Hall–Kier alpha value is -1.46. The molecule has 1 aromatic carbocycles. The highest BCUT2D eigenvalue weighted by Gasteiger charge is 2.13. The van der Waals surface area contributed by atoms with E-state index in [2.05, 4.69) is 10.5 Å². The largest absolute Gasteiger partial charge is 0.409 e. The topological polar surface area (TPSA) is 87.7 Å². The molecule has 1 aromatic rings. The maximum atomic E-state index is 11.8. The molecular weight excluding hydrogens is 265 g/mol. The lowest BCUT2D eigenvalue weighted by Crippen LogP contribution is -2.42. The Kier molecular flexibility index (Phi) is 4.60. The molecule has 0 aromatic heterocycles. The molecule has 0 aliphatic carbocycles. The molecule has 0 radical (unpaired) electrons. The summed E-state index contributed by atoms with van der Waals surface area (Å²) in [6.45, 7) is 1.58. The van der Waals surface area contributed by atoms with E-state index in [9.17, 15) is 4.79 Å². The van der Waals surface area contributed by atoms with Crippen LogP contribution in [0.25, 0.3) is 0 Å². The van der Waals surface area contributed by atoms with E-state index in [1.165, 1.54) is 18.2 Å². The molecule has 0 spiro atoms. The molecule has 1 amide bonds. The number of amides is 1. The number of halogens is 2. The minimum atomic E-state index is -0.592. The van der Waals surface area contributed by atoms with E-state index in [4.69, 9.17) is 34.1 Å². The summed E-state index contributed by atoms with van der Waals surface area (Å²) >= 11 is 11.5. The van der Waals surface area contributed by atoms with Crippen molar-refractivity contribution >= 4 is 34.9 Å². The monoisotopic (exact) mass is 275 g/mol. The molecule has 0 aliphatic rings. The van der Waals surface area contributed by atoms with E-state index in [1.807, 2.05) is 0 Å². The molecule has 0 heterocycles. The predicted octanol–water partition coefficient (Wildman–Crippen LogP) is 1.86. The molecule has 0 aliphatic heterocycles. The fourth-order valence-corrected chi connectivity index (χ4v) is 1.65. The summed E-state index contributed by atoms with van der Waals surface area (Å²) in [5, 5.41) is 14.5. The third-order valence-corrected chi connectivity index (χ3v) is 2.47. The molecule has 92 valence electrons. The first-order chi connectivity index (χ1) is 7.93. The maximum absolute atomic E-state index is 11.8. The zero-order valence-corrected chi connectivity index (χ0v) is 10.5. The van der Waals surface area contributed by atoms with Gasteiger partial charge in [0.1, 0.15) is 0 Å². The summed E-state index contributed by atoms with van der Waals surface area (Å²) < 4.78 is 0. The second kappa shape index (κ2) is 5.75. The van der Waals surface area contributed by atoms with E-state index in [0.29, 0.717) is 15.6 Å². The number of hydrogen-bond donors (Lipinski definition) is 3. The molecule has 1 rings (SSSR count). The zero-order valence-electron chi connectivity index (χ0n) is 8.95. The standard InChI is InChI=1S/C10H11Cl2N3O2/c1-5(9(13)15-17)14-10(16)6-2-7(11)4-8(12)3-6/h2-5,17H,1H3,(H2,13,15)(H,14,16). The van der Waals surface area contributed by atoms with Crippen LogP contribution in [0.5, 0.6) is 0 Å². The third-order valence-electron chi connectivity index (χ3n) is 2.03. The highest BCUT2D eigenvalue weighted by molar-refractivity contribution is 6.35. The Bertz CT molecular complexity index is 443. The summed E-state index contributed by atoms with van der Waals surface area (Å²) in [6.07, 6.45) is 0. The zero-order chi connectivity index (χ0) is 13.0. The van der Waals surface area contributed by atoms with Gasteiger partial charge in [0.05, 0.1) is 6.04 Å².